The fraction of sp³-hybridized carbons (Fsp3) is 0. The van der Waals surface area contributed by atoms with Gasteiger partial charge in [0.15, 0.2) is 7.14 Å². The Morgan fingerprint density at radius 2 is 0.825 bits per heavy atom. The number of hydrogen-bond donors (Lipinski definition) is 0. The highest BCUT2D eigenvalue weighted by Crippen LogP contribution is 2.55. The average molecular weight is 746 g/mol. The zero-order valence-corrected chi connectivity index (χ0v) is 32.0. The molecule has 11 rings (SSSR count). The maximum absolute atomic E-state index is 16.0. The van der Waals surface area contributed by atoms with Crippen molar-refractivity contribution < 1.29 is 4.57 Å². The lowest BCUT2D eigenvalue weighted by Gasteiger charge is -2.17. The van der Waals surface area contributed by atoms with Gasteiger partial charge >= 0.3 is 0 Å². The van der Waals surface area contributed by atoms with Crippen LogP contribution in [0.3, 0.4) is 0 Å². The second-order valence-corrected chi connectivity index (χ2v) is 17.5. The predicted octanol–water partition coefficient (Wildman–Crippen LogP) is 13.1. The van der Waals surface area contributed by atoms with E-state index in [2.05, 4.69) is 187 Å². The summed E-state index contributed by atoms with van der Waals surface area (Å²) >= 11 is 0. The third-order valence-electron chi connectivity index (χ3n) is 11.6. The molecule has 2 nitrogen and oxygen atoms in total. The molecule has 2 heterocycles. The van der Waals surface area contributed by atoms with Crippen molar-refractivity contribution in [3.63, 3.8) is 0 Å². The van der Waals surface area contributed by atoms with Gasteiger partial charge in [-0.15, -0.1) is 0 Å². The molecule has 1 aromatic heterocycles. The van der Waals surface area contributed by atoms with Gasteiger partial charge in [-0.3, -0.25) is 0 Å². The van der Waals surface area contributed by atoms with Gasteiger partial charge in [0.1, 0.15) is 0 Å². The summed E-state index contributed by atoms with van der Waals surface area (Å²) in [5.41, 5.74) is 14.6. The van der Waals surface area contributed by atoms with Gasteiger partial charge in [-0.1, -0.05) is 188 Å². The highest BCUT2D eigenvalue weighted by molar-refractivity contribution is 7.86. The number of para-hydroxylation sites is 1. The van der Waals surface area contributed by atoms with Gasteiger partial charge in [0, 0.05) is 32.4 Å². The Labute approximate surface area is 332 Å². The SMILES string of the molecule is O=P1(c2ccccc2)c2ccccc2-c2ccc3c(c21)c1ccccc1n3-c1cc(-c2ccc(-c3ccccc3)cc2)cc(-c2ccc(-c3ccccc3)cc2)c1. The Morgan fingerprint density at radius 3 is 1.42 bits per heavy atom. The second-order valence-electron chi connectivity index (χ2n) is 14.8. The van der Waals surface area contributed by atoms with Crippen LogP contribution in [0, 0.1) is 0 Å². The van der Waals surface area contributed by atoms with Crippen molar-refractivity contribution in [2.24, 2.45) is 0 Å². The van der Waals surface area contributed by atoms with Crippen molar-refractivity contribution in [1.29, 1.82) is 0 Å². The third kappa shape index (κ3) is 5.37. The molecule has 1 aliphatic rings. The normalized spacial score (nSPS) is 14.5. The van der Waals surface area contributed by atoms with Gasteiger partial charge in [0.25, 0.3) is 0 Å². The molecule has 0 radical (unpaired) electrons. The largest absolute Gasteiger partial charge is 0.309 e. The van der Waals surface area contributed by atoms with E-state index < -0.39 is 7.14 Å². The molecule has 268 valence electrons. The van der Waals surface area contributed by atoms with E-state index in [1.165, 1.54) is 22.3 Å². The summed E-state index contributed by atoms with van der Waals surface area (Å²) in [6.07, 6.45) is 0. The molecule has 0 aliphatic carbocycles. The lowest BCUT2D eigenvalue weighted by atomic mass is 9.95. The van der Waals surface area contributed by atoms with E-state index >= 15 is 4.57 Å². The minimum atomic E-state index is -3.22. The highest BCUT2D eigenvalue weighted by Gasteiger charge is 2.42. The summed E-state index contributed by atoms with van der Waals surface area (Å²) in [5, 5.41) is 4.87. The summed E-state index contributed by atoms with van der Waals surface area (Å²) in [4.78, 5) is 0. The third-order valence-corrected chi connectivity index (χ3v) is 14.8. The van der Waals surface area contributed by atoms with Gasteiger partial charge < -0.3 is 9.13 Å². The molecule has 0 amide bonds. The molecule has 0 fully saturated rings. The van der Waals surface area contributed by atoms with Gasteiger partial charge in [0.2, 0.25) is 0 Å². The molecule has 3 heteroatoms. The molecular formula is C54H36NOP. The summed E-state index contributed by atoms with van der Waals surface area (Å²) in [6.45, 7) is 0. The molecule has 0 bridgehead atoms. The van der Waals surface area contributed by atoms with Crippen LogP contribution in [0.4, 0.5) is 0 Å². The Kier molecular flexibility index (Phi) is 7.81. The van der Waals surface area contributed by atoms with Crippen LogP contribution < -0.4 is 15.9 Å². The van der Waals surface area contributed by atoms with E-state index in [1.807, 2.05) is 36.4 Å². The van der Waals surface area contributed by atoms with E-state index in [0.717, 1.165) is 76.8 Å². The first-order valence-electron chi connectivity index (χ1n) is 19.4. The molecule has 1 unspecified atom stereocenters. The summed E-state index contributed by atoms with van der Waals surface area (Å²) in [5.74, 6) is 0. The molecule has 0 saturated heterocycles. The summed E-state index contributed by atoms with van der Waals surface area (Å²) in [6, 6.07) is 77.2. The topological polar surface area (TPSA) is 22.0 Å². The van der Waals surface area contributed by atoms with E-state index in [4.69, 9.17) is 0 Å². The molecule has 9 aromatic carbocycles. The fourth-order valence-electron chi connectivity index (χ4n) is 8.91. The molecule has 0 saturated carbocycles. The Balaban J connectivity index is 1.15. The first-order chi connectivity index (χ1) is 28.1. The van der Waals surface area contributed by atoms with Crippen LogP contribution in [0.25, 0.3) is 83.1 Å². The van der Waals surface area contributed by atoms with E-state index in [9.17, 15) is 0 Å². The Bertz CT molecular complexity index is 3060. The maximum atomic E-state index is 16.0. The van der Waals surface area contributed by atoms with Crippen LogP contribution in [0.15, 0.2) is 218 Å². The Morgan fingerprint density at radius 1 is 0.351 bits per heavy atom. The minimum absolute atomic E-state index is 0.864. The van der Waals surface area contributed by atoms with E-state index in [1.54, 1.807) is 0 Å². The molecule has 1 aliphatic heterocycles. The summed E-state index contributed by atoms with van der Waals surface area (Å²) in [7, 11) is -3.22. The van der Waals surface area contributed by atoms with Crippen molar-refractivity contribution in [2.75, 3.05) is 0 Å². The second kappa shape index (κ2) is 13.3. The smallest absolute Gasteiger partial charge is 0.172 e. The number of fused-ring (bicyclic) bond motifs is 7. The molecule has 10 aromatic rings. The maximum Gasteiger partial charge on any atom is 0.172 e. The lowest BCUT2D eigenvalue weighted by molar-refractivity contribution is 0.593. The minimum Gasteiger partial charge on any atom is -0.309 e. The zero-order valence-electron chi connectivity index (χ0n) is 31.1. The van der Waals surface area contributed by atoms with Crippen molar-refractivity contribution in [2.45, 2.75) is 0 Å². The number of hydrogen-bond acceptors (Lipinski definition) is 1. The lowest BCUT2D eigenvalue weighted by Crippen LogP contribution is -2.21. The number of aromatic nitrogens is 1. The zero-order chi connectivity index (χ0) is 37.9. The van der Waals surface area contributed by atoms with Crippen LogP contribution in [0.2, 0.25) is 0 Å². The predicted molar refractivity (Wildman–Crippen MR) is 241 cm³/mol. The van der Waals surface area contributed by atoms with Crippen LogP contribution in [-0.2, 0) is 4.57 Å². The number of benzene rings is 9. The quantitative estimate of drug-likeness (QED) is 0.155. The first kappa shape index (κ1) is 33.4. The van der Waals surface area contributed by atoms with Gasteiger partial charge in [-0.2, -0.15) is 0 Å². The van der Waals surface area contributed by atoms with Gasteiger partial charge in [-0.25, -0.2) is 0 Å². The van der Waals surface area contributed by atoms with Crippen LogP contribution in [0.1, 0.15) is 0 Å². The molecular weight excluding hydrogens is 710 g/mol. The van der Waals surface area contributed by atoms with Crippen LogP contribution in [0.5, 0.6) is 0 Å². The molecule has 0 spiro atoms. The van der Waals surface area contributed by atoms with Crippen molar-refractivity contribution in [3.8, 4) is 61.3 Å². The molecule has 57 heavy (non-hydrogen) atoms. The number of nitrogens with zero attached hydrogens (tertiary/aromatic N) is 1. The van der Waals surface area contributed by atoms with Crippen molar-refractivity contribution >= 4 is 44.9 Å². The molecule has 0 N–H and O–H groups in total. The van der Waals surface area contributed by atoms with E-state index in [-0.39, 0.29) is 0 Å². The first-order valence-corrected chi connectivity index (χ1v) is 21.2. The standard InChI is InChI=1S/C54H36NOP/c56-57(46-18-8-3-9-19-46)52-23-13-11-20-47(52)48-32-33-51-53(54(48)57)49-21-10-12-22-50(49)55(51)45-35-43(41-28-24-39(25-29-41)37-14-4-1-5-15-37)34-44(36-45)42-30-26-40(27-31-42)38-16-6-2-7-17-38/h1-36H. The monoisotopic (exact) mass is 745 g/mol. The van der Waals surface area contributed by atoms with Crippen LogP contribution in [-0.4, -0.2) is 4.57 Å². The van der Waals surface area contributed by atoms with Crippen molar-refractivity contribution in [1.82, 2.24) is 4.57 Å². The van der Waals surface area contributed by atoms with Gasteiger partial charge in [-0.05, 0) is 86.0 Å². The summed E-state index contributed by atoms with van der Waals surface area (Å²) < 4.78 is 18.4. The van der Waals surface area contributed by atoms with Gasteiger partial charge in [0.05, 0.1) is 11.0 Å². The van der Waals surface area contributed by atoms with E-state index in [0.29, 0.717) is 0 Å². The molecule has 1 atom stereocenters. The fourth-order valence-corrected chi connectivity index (χ4v) is 12.2. The number of rotatable bonds is 6. The van der Waals surface area contributed by atoms with Crippen molar-refractivity contribution in [3.05, 3.63) is 218 Å². The van der Waals surface area contributed by atoms with Crippen LogP contribution >= 0.6 is 7.14 Å². The average Bonchev–Trinajstić information content (AvgIpc) is 3.77. The Hall–Kier alpha value is -6.99. The highest BCUT2D eigenvalue weighted by atomic mass is 31.2.